The molecule has 3 N–H and O–H groups in total. The van der Waals surface area contributed by atoms with E-state index >= 15 is 0 Å². The lowest BCUT2D eigenvalue weighted by atomic mass is 9.95. The Kier molecular flexibility index (Phi) is 2.23. The fourth-order valence-electron chi connectivity index (χ4n) is 2.07. The van der Waals surface area contributed by atoms with Gasteiger partial charge >= 0.3 is 0 Å². The van der Waals surface area contributed by atoms with Gasteiger partial charge in [0.1, 0.15) is 0 Å². The van der Waals surface area contributed by atoms with Crippen LogP contribution in [0.5, 0.6) is 0 Å². The summed E-state index contributed by atoms with van der Waals surface area (Å²) in [6.45, 7) is 3.02. The first kappa shape index (κ1) is 8.57. The van der Waals surface area contributed by atoms with Gasteiger partial charge in [0, 0.05) is 17.6 Å². The minimum absolute atomic E-state index is 0.530. The van der Waals surface area contributed by atoms with Gasteiger partial charge in [0.15, 0.2) is 0 Å². The van der Waals surface area contributed by atoms with Gasteiger partial charge in [-0.25, -0.2) is 0 Å². The Bertz CT molecular complexity index is 296. The van der Waals surface area contributed by atoms with Crippen LogP contribution in [-0.4, -0.2) is 12.6 Å². The predicted octanol–water partition coefficient (Wildman–Crippen LogP) is 1.93. The molecule has 1 heterocycles. The normalized spacial score (nSPS) is 25.4. The lowest BCUT2D eigenvalue weighted by Crippen LogP contribution is -2.22. The fourth-order valence-corrected chi connectivity index (χ4v) is 2.07. The van der Waals surface area contributed by atoms with Gasteiger partial charge in [-0.15, -0.1) is 0 Å². The van der Waals surface area contributed by atoms with Crippen LogP contribution in [0.25, 0.3) is 0 Å². The topological polar surface area (TPSA) is 38.0 Å². The van der Waals surface area contributed by atoms with Crippen LogP contribution in [0.3, 0.4) is 0 Å². The second kappa shape index (κ2) is 3.38. The molecular formula is C11H16N2. The third-order valence-electron chi connectivity index (χ3n) is 2.87. The maximum Gasteiger partial charge on any atom is 0.0378 e. The summed E-state index contributed by atoms with van der Waals surface area (Å²) >= 11 is 0. The van der Waals surface area contributed by atoms with E-state index in [0.29, 0.717) is 12.0 Å². The summed E-state index contributed by atoms with van der Waals surface area (Å²) in [7, 11) is 0. The average molecular weight is 176 g/mol. The SMILES string of the molecule is CC1c2ccccc2NC1CCN. The van der Waals surface area contributed by atoms with Crippen LogP contribution < -0.4 is 11.1 Å². The molecule has 0 bridgehead atoms. The Hall–Kier alpha value is -1.02. The Morgan fingerprint density at radius 1 is 1.38 bits per heavy atom. The Balaban J connectivity index is 2.22. The van der Waals surface area contributed by atoms with E-state index in [4.69, 9.17) is 5.73 Å². The van der Waals surface area contributed by atoms with Crippen molar-refractivity contribution in [3.8, 4) is 0 Å². The van der Waals surface area contributed by atoms with E-state index in [0.717, 1.165) is 13.0 Å². The molecule has 1 aromatic carbocycles. The van der Waals surface area contributed by atoms with E-state index in [-0.39, 0.29) is 0 Å². The highest BCUT2D eigenvalue weighted by Gasteiger charge is 2.26. The zero-order chi connectivity index (χ0) is 9.26. The van der Waals surface area contributed by atoms with E-state index < -0.39 is 0 Å². The summed E-state index contributed by atoms with van der Waals surface area (Å²) in [6, 6.07) is 9.04. The highest BCUT2D eigenvalue weighted by atomic mass is 15.0. The molecule has 0 aliphatic carbocycles. The molecule has 0 radical (unpaired) electrons. The molecule has 2 nitrogen and oxygen atoms in total. The van der Waals surface area contributed by atoms with Crippen molar-refractivity contribution in [1.82, 2.24) is 0 Å². The Morgan fingerprint density at radius 3 is 2.85 bits per heavy atom. The molecule has 1 aromatic rings. The molecule has 1 aliphatic rings. The Labute approximate surface area is 79.1 Å². The molecule has 70 valence electrons. The molecule has 2 unspecified atom stereocenters. The number of benzene rings is 1. The van der Waals surface area contributed by atoms with Crippen molar-refractivity contribution < 1.29 is 0 Å². The molecule has 2 atom stereocenters. The van der Waals surface area contributed by atoms with Gasteiger partial charge in [-0.1, -0.05) is 25.1 Å². The summed E-state index contributed by atoms with van der Waals surface area (Å²) in [5, 5.41) is 3.51. The molecule has 0 amide bonds. The van der Waals surface area contributed by atoms with Crippen molar-refractivity contribution in [2.24, 2.45) is 5.73 Å². The number of para-hydroxylation sites is 1. The lowest BCUT2D eigenvalue weighted by Gasteiger charge is -2.14. The molecule has 2 heteroatoms. The molecule has 0 spiro atoms. The van der Waals surface area contributed by atoms with Gasteiger partial charge in [0.25, 0.3) is 0 Å². The molecule has 0 saturated heterocycles. The molecule has 0 saturated carbocycles. The second-order valence-electron chi connectivity index (χ2n) is 3.70. The number of rotatable bonds is 2. The van der Waals surface area contributed by atoms with Crippen molar-refractivity contribution in [1.29, 1.82) is 0 Å². The van der Waals surface area contributed by atoms with Crippen LogP contribution in [0.1, 0.15) is 24.8 Å². The molecule has 2 rings (SSSR count). The van der Waals surface area contributed by atoms with Crippen molar-refractivity contribution in [3.05, 3.63) is 29.8 Å². The molecule has 0 fully saturated rings. The zero-order valence-corrected chi connectivity index (χ0v) is 7.96. The fraction of sp³-hybridized carbons (Fsp3) is 0.455. The zero-order valence-electron chi connectivity index (χ0n) is 7.96. The van der Waals surface area contributed by atoms with Crippen molar-refractivity contribution in [2.75, 3.05) is 11.9 Å². The first-order valence-corrected chi connectivity index (χ1v) is 4.88. The average Bonchev–Trinajstić information content (AvgIpc) is 2.46. The quantitative estimate of drug-likeness (QED) is 0.722. The smallest absolute Gasteiger partial charge is 0.0378 e. The van der Waals surface area contributed by atoms with Gasteiger partial charge in [0.05, 0.1) is 0 Å². The third-order valence-corrected chi connectivity index (χ3v) is 2.87. The van der Waals surface area contributed by atoms with Crippen molar-refractivity contribution >= 4 is 5.69 Å². The van der Waals surface area contributed by atoms with Crippen LogP contribution >= 0.6 is 0 Å². The third kappa shape index (κ3) is 1.42. The van der Waals surface area contributed by atoms with Crippen molar-refractivity contribution in [2.45, 2.75) is 25.3 Å². The maximum atomic E-state index is 5.57. The van der Waals surface area contributed by atoms with E-state index in [9.17, 15) is 0 Å². The van der Waals surface area contributed by atoms with E-state index in [1.165, 1.54) is 11.3 Å². The van der Waals surface area contributed by atoms with Gasteiger partial charge in [-0.2, -0.15) is 0 Å². The minimum Gasteiger partial charge on any atom is -0.381 e. The van der Waals surface area contributed by atoms with E-state index in [2.05, 4.69) is 36.5 Å². The molecule has 0 aromatic heterocycles. The number of anilines is 1. The van der Waals surface area contributed by atoms with Gasteiger partial charge < -0.3 is 11.1 Å². The number of nitrogens with two attached hydrogens (primary N) is 1. The number of hydrogen-bond acceptors (Lipinski definition) is 2. The second-order valence-corrected chi connectivity index (χ2v) is 3.70. The molecular weight excluding hydrogens is 160 g/mol. The van der Waals surface area contributed by atoms with Gasteiger partial charge in [-0.3, -0.25) is 0 Å². The first-order valence-electron chi connectivity index (χ1n) is 4.88. The Morgan fingerprint density at radius 2 is 2.15 bits per heavy atom. The predicted molar refractivity (Wildman–Crippen MR) is 55.9 cm³/mol. The van der Waals surface area contributed by atoms with Crippen LogP contribution in [0.15, 0.2) is 24.3 Å². The standard InChI is InChI=1S/C11H16N2/c1-8-9-4-2-3-5-11(9)13-10(8)6-7-12/h2-5,8,10,13H,6-7,12H2,1H3. The van der Waals surface area contributed by atoms with Crippen LogP contribution in [0, 0.1) is 0 Å². The summed E-state index contributed by atoms with van der Waals surface area (Å²) in [5.41, 5.74) is 8.28. The van der Waals surface area contributed by atoms with Crippen LogP contribution in [0.4, 0.5) is 5.69 Å². The molecule has 1 aliphatic heterocycles. The highest BCUT2D eigenvalue weighted by Crippen LogP contribution is 2.36. The van der Waals surface area contributed by atoms with Gasteiger partial charge in [-0.05, 0) is 24.6 Å². The first-order chi connectivity index (χ1) is 6.33. The van der Waals surface area contributed by atoms with Gasteiger partial charge in [0.2, 0.25) is 0 Å². The van der Waals surface area contributed by atoms with E-state index in [1.807, 2.05) is 0 Å². The number of nitrogens with one attached hydrogen (secondary N) is 1. The van der Waals surface area contributed by atoms with Crippen molar-refractivity contribution in [3.63, 3.8) is 0 Å². The lowest BCUT2D eigenvalue weighted by molar-refractivity contribution is 0.597. The maximum absolute atomic E-state index is 5.57. The summed E-state index contributed by atoms with van der Waals surface area (Å²) in [6.07, 6.45) is 1.05. The molecule has 13 heavy (non-hydrogen) atoms. The van der Waals surface area contributed by atoms with E-state index in [1.54, 1.807) is 0 Å². The largest absolute Gasteiger partial charge is 0.381 e. The summed E-state index contributed by atoms with van der Waals surface area (Å²) in [4.78, 5) is 0. The minimum atomic E-state index is 0.530. The monoisotopic (exact) mass is 176 g/mol. The van der Waals surface area contributed by atoms with Crippen LogP contribution in [-0.2, 0) is 0 Å². The van der Waals surface area contributed by atoms with Crippen LogP contribution in [0.2, 0.25) is 0 Å². The highest BCUT2D eigenvalue weighted by molar-refractivity contribution is 5.58. The summed E-state index contributed by atoms with van der Waals surface area (Å²) in [5.74, 6) is 0.597. The number of hydrogen-bond donors (Lipinski definition) is 2. The number of fused-ring (bicyclic) bond motifs is 1. The summed E-state index contributed by atoms with van der Waals surface area (Å²) < 4.78 is 0.